The zero-order chi connectivity index (χ0) is 27.5. The van der Waals surface area contributed by atoms with Crippen LogP contribution in [0.3, 0.4) is 0 Å². The lowest BCUT2D eigenvalue weighted by Gasteiger charge is -2.32. The molecule has 0 N–H and O–H groups in total. The quantitative estimate of drug-likeness (QED) is 0.0985. The lowest BCUT2D eigenvalue weighted by Crippen LogP contribution is -2.45. The van der Waals surface area contributed by atoms with Gasteiger partial charge in [0.2, 0.25) is 5.91 Å². The van der Waals surface area contributed by atoms with Gasteiger partial charge in [-0.1, -0.05) is 34.9 Å². The molecular formula is C26H32N4O7S. The molecule has 1 fully saturated rings. The van der Waals surface area contributed by atoms with Gasteiger partial charge in [0.05, 0.1) is 17.4 Å². The summed E-state index contributed by atoms with van der Waals surface area (Å²) < 4.78 is 40.1. The van der Waals surface area contributed by atoms with Crippen molar-refractivity contribution in [2.75, 3.05) is 32.9 Å². The molecule has 1 aliphatic rings. The largest absolute Gasteiger partial charge is 0.491 e. The standard InChI is InChI=1S/C26H32N4O7S/c1-3-35-26(32)21-12-14-30(15-13-21)25(31)24(28-29-27)18-20-6-8-22(9-7-20)36-16-17-37-38(33,34)23-10-4-19(2)5-11-23/h4-11,21,24H,3,12-18H2,1-2H3/t24-/m1/s1. The highest BCUT2D eigenvalue weighted by molar-refractivity contribution is 7.86. The summed E-state index contributed by atoms with van der Waals surface area (Å²) in [7, 11) is -3.86. The smallest absolute Gasteiger partial charge is 0.309 e. The maximum atomic E-state index is 13.0. The summed E-state index contributed by atoms with van der Waals surface area (Å²) in [6.07, 6.45) is 1.23. The maximum Gasteiger partial charge on any atom is 0.309 e. The molecule has 0 spiro atoms. The van der Waals surface area contributed by atoms with Crippen LogP contribution in [0, 0.1) is 12.8 Å². The molecule has 2 aromatic carbocycles. The second-order valence-electron chi connectivity index (χ2n) is 8.86. The molecule has 204 valence electrons. The third-order valence-corrected chi connectivity index (χ3v) is 7.48. The minimum absolute atomic E-state index is 0.0199. The summed E-state index contributed by atoms with van der Waals surface area (Å²) in [5, 5.41) is 3.71. The van der Waals surface area contributed by atoms with Gasteiger partial charge in [-0.2, -0.15) is 8.42 Å². The van der Waals surface area contributed by atoms with Gasteiger partial charge >= 0.3 is 5.97 Å². The van der Waals surface area contributed by atoms with E-state index in [2.05, 4.69) is 10.0 Å². The van der Waals surface area contributed by atoms with Gasteiger partial charge in [-0.25, -0.2) is 0 Å². The highest BCUT2D eigenvalue weighted by atomic mass is 32.2. The molecule has 1 amide bonds. The first kappa shape index (κ1) is 29.0. The molecular weight excluding hydrogens is 512 g/mol. The molecule has 1 saturated heterocycles. The number of piperidine rings is 1. The van der Waals surface area contributed by atoms with Crippen LogP contribution in [0.2, 0.25) is 0 Å². The number of rotatable bonds is 12. The van der Waals surface area contributed by atoms with Crippen molar-refractivity contribution >= 4 is 22.0 Å². The van der Waals surface area contributed by atoms with Crippen molar-refractivity contribution in [3.05, 3.63) is 70.1 Å². The fraction of sp³-hybridized carbons (Fsp3) is 0.462. The van der Waals surface area contributed by atoms with Gasteiger partial charge in [0.1, 0.15) is 25.0 Å². The number of carbonyl (C=O) groups excluding carboxylic acids is 2. The summed E-state index contributed by atoms with van der Waals surface area (Å²) in [5.41, 5.74) is 10.7. The van der Waals surface area contributed by atoms with Gasteiger partial charge in [-0.3, -0.25) is 13.8 Å². The van der Waals surface area contributed by atoms with E-state index in [0.717, 1.165) is 11.1 Å². The number of benzene rings is 2. The fourth-order valence-corrected chi connectivity index (χ4v) is 4.96. The summed E-state index contributed by atoms with van der Waals surface area (Å²) in [4.78, 5) is 29.5. The van der Waals surface area contributed by atoms with E-state index >= 15 is 0 Å². The second kappa shape index (κ2) is 13.8. The third kappa shape index (κ3) is 8.20. The molecule has 12 heteroatoms. The first-order valence-electron chi connectivity index (χ1n) is 12.4. The minimum Gasteiger partial charge on any atom is -0.491 e. The van der Waals surface area contributed by atoms with Crippen LogP contribution in [0.4, 0.5) is 0 Å². The van der Waals surface area contributed by atoms with Crippen LogP contribution in [0.1, 0.15) is 30.9 Å². The average molecular weight is 545 g/mol. The lowest BCUT2D eigenvalue weighted by atomic mass is 9.96. The van der Waals surface area contributed by atoms with E-state index in [1.165, 1.54) is 12.1 Å². The molecule has 0 radical (unpaired) electrons. The number of azide groups is 1. The number of amides is 1. The number of carbonyl (C=O) groups is 2. The molecule has 1 heterocycles. The first-order chi connectivity index (χ1) is 18.2. The van der Waals surface area contributed by atoms with Crippen molar-refractivity contribution in [3.63, 3.8) is 0 Å². The molecule has 2 aromatic rings. The van der Waals surface area contributed by atoms with Crippen LogP contribution in [0.5, 0.6) is 5.75 Å². The highest BCUT2D eigenvalue weighted by Gasteiger charge is 2.31. The van der Waals surface area contributed by atoms with Gasteiger partial charge in [0.15, 0.2) is 0 Å². The average Bonchev–Trinajstić information content (AvgIpc) is 2.92. The number of aryl methyl sites for hydroxylation is 1. The summed E-state index contributed by atoms with van der Waals surface area (Å²) in [6, 6.07) is 12.3. The topological polar surface area (TPSA) is 148 Å². The Labute approximate surface area is 222 Å². The monoisotopic (exact) mass is 544 g/mol. The van der Waals surface area contributed by atoms with Gasteiger partial charge in [0, 0.05) is 18.0 Å². The molecule has 0 bridgehead atoms. The molecule has 11 nitrogen and oxygen atoms in total. The van der Waals surface area contributed by atoms with Crippen LogP contribution < -0.4 is 4.74 Å². The highest BCUT2D eigenvalue weighted by Crippen LogP contribution is 2.21. The van der Waals surface area contributed by atoms with Crippen molar-refractivity contribution in [3.8, 4) is 5.75 Å². The van der Waals surface area contributed by atoms with Crippen molar-refractivity contribution < 1.29 is 31.7 Å². The minimum atomic E-state index is -3.86. The zero-order valence-corrected chi connectivity index (χ0v) is 22.3. The molecule has 0 aliphatic carbocycles. The van der Waals surface area contributed by atoms with E-state index < -0.39 is 16.2 Å². The molecule has 1 atom stereocenters. The van der Waals surface area contributed by atoms with E-state index in [0.29, 0.717) is 38.3 Å². The number of ether oxygens (including phenoxy) is 2. The van der Waals surface area contributed by atoms with E-state index in [1.807, 2.05) is 6.92 Å². The second-order valence-corrected chi connectivity index (χ2v) is 10.5. The lowest BCUT2D eigenvalue weighted by molar-refractivity contribution is -0.151. The molecule has 3 rings (SSSR count). The van der Waals surface area contributed by atoms with E-state index in [1.54, 1.807) is 48.2 Å². The van der Waals surface area contributed by atoms with Crippen molar-refractivity contribution in [1.82, 2.24) is 4.90 Å². The summed E-state index contributed by atoms with van der Waals surface area (Å²) in [6.45, 7) is 4.61. The fourth-order valence-electron chi connectivity index (χ4n) is 4.07. The Kier molecular flexibility index (Phi) is 10.5. The van der Waals surface area contributed by atoms with Gasteiger partial charge in [-0.15, -0.1) is 0 Å². The van der Waals surface area contributed by atoms with Crippen molar-refractivity contribution in [2.24, 2.45) is 11.0 Å². The Balaban J connectivity index is 1.48. The van der Waals surface area contributed by atoms with Crippen LogP contribution in [0.25, 0.3) is 10.4 Å². The number of esters is 1. The van der Waals surface area contributed by atoms with Crippen molar-refractivity contribution in [1.29, 1.82) is 0 Å². The van der Waals surface area contributed by atoms with E-state index in [9.17, 15) is 18.0 Å². The Morgan fingerprint density at radius 3 is 2.34 bits per heavy atom. The summed E-state index contributed by atoms with van der Waals surface area (Å²) in [5.74, 6) is -0.249. The molecule has 38 heavy (non-hydrogen) atoms. The number of hydrogen-bond acceptors (Lipinski definition) is 8. The SMILES string of the molecule is CCOC(=O)C1CCN(C(=O)[C@@H](Cc2ccc(OCCOS(=O)(=O)c3ccc(C)cc3)cc2)N=[N+]=[N-])CC1. The third-order valence-electron chi connectivity index (χ3n) is 6.16. The number of likely N-dealkylation sites (tertiary alicyclic amines) is 1. The number of hydrogen-bond donors (Lipinski definition) is 0. The molecule has 0 saturated carbocycles. The summed E-state index contributed by atoms with van der Waals surface area (Å²) >= 11 is 0. The van der Waals surface area contributed by atoms with Gasteiger partial charge < -0.3 is 14.4 Å². The molecule has 1 aliphatic heterocycles. The van der Waals surface area contributed by atoms with Crippen LogP contribution in [-0.2, 0) is 35.0 Å². The van der Waals surface area contributed by atoms with Gasteiger partial charge in [-0.05, 0) is 68.5 Å². The molecule has 0 unspecified atom stereocenters. The zero-order valence-electron chi connectivity index (χ0n) is 21.5. The van der Waals surface area contributed by atoms with Gasteiger partial charge in [0.25, 0.3) is 10.1 Å². The van der Waals surface area contributed by atoms with Crippen LogP contribution in [0.15, 0.2) is 58.5 Å². The Morgan fingerprint density at radius 1 is 1.08 bits per heavy atom. The number of nitrogens with zero attached hydrogens (tertiary/aromatic N) is 4. The predicted molar refractivity (Wildman–Crippen MR) is 139 cm³/mol. The normalized spacial score (nSPS) is 14.8. The van der Waals surface area contributed by atoms with Crippen molar-refractivity contribution in [2.45, 2.75) is 44.0 Å². The first-order valence-corrected chi connectivity index (χ1v) is 13.8. The molecule has 0 aromatic heterocycles. The van der Waals surface area contributed by atoms with Crippen LogP contribution in [-0.4, -0.2) is 64.1 Å². The van der Waals surface area contributed by atoms with Crippen LogP contribution >= 0.6 is 0 Å². The van der Waals surface area contributed by atoms with E-state index in [4.69, 9.17) is 19.2 Å². The Bertz CT molecular complexity index is 1240. The predicted octanol–water partition coefficient (Wildman–Crippen LogP) is 3.80. The Morgan fingerprint density at radius 2 is 1.74 bits per heavy atom. The Hall–Kier alpha value is -3.60. The van der Waals surface area contributed by atoms with E-state index in [-0.39, 0.29) is 42.3 Å². The maximum absolute atomic E-state index is 13.0.